The molecular formula is C13H14N2O2S. The Hall–Kier alpha value is -1.75. The Balaban J connectivity index is 2.06. The summed E-state index contributed by atoms with van der Waals surface area (Å²) in [6, 6.07) is 7.45. The number of hydrogen-bond acceptors (Lipinski definition) is 4. The number of aryl methyl sites for hydroxylation is 1. The van der Waals surface area contributed by atoms with E-state index in [0.29, 0.717) is 5.56 Å². The molecule has 5 heteroatoms. The largest absolute Gasteiger partial charge is 0.465 e. The highest BCUT2D eigenvalue weighted by Gasteiger charge is 2.06. The molecule has 2 rings (SSSR count). The van der Waals surface area contributed by atoms with Crippen LogP contribution in [0.15, 0.2) is 41.8 Å². The van der Waals surface area contributed by atoms with E-state index in [4.69, 9.17) is 4.74 Å². The summed E-state index contributed by atoms with van der Waals surface area (Å²) in [5, 5.41) is 0.957. The first-order valence-corrected chi connectivity index (χ1v) is 6.46. The molecule has 0 radical (unpaired) electrons. The molecule has 0 saturated carbocycles. The van der Waals surface area contributed by atoms with Crippen molar-refractivity contribution >= 4 is 17.7 Å². The quantitative estimate of drug-likeness (QED) is 0.627. The molecule has 0 aliphatic rings. The molecule has 1 heterocycles. The lowest BCUT2D eigenvalue weighted by Gasteiger charge is -2.04. The molecule has 94 valence electrons. The van der Waals surface area contributed by atoms with Gasteiger partial charge in [0.1, 0.15) is 0 Å². The van der Waals surface area contributed by atoms with Gasteiger partial charge in [0, 0.05) is 25.2 Å². The summed E-state index contributed by atoms with van der Waals surface area (Å²) < 4.78 is 6.67. The average molecular weight is 262 g/mol. The maximum absolute atomic E-state index is 11.4. The molecule has 0 aliphatic heterocycles. The van der Waals surface area contributed by atoms with Gasteiger partial charge in [-0.1, -0.05) is 23.9 Å². The highest BCUT2D eigenvalue weighted by atomic mass is 32.2. The molecule has 0 aliphatic carbocycles. The van der Waals surface area contributed by atoms with Crippen molar-refractivity contribution in [1.29, 1.82) is 0 Å². The minimum atomic E-state index is -0.307. The van der Waals surface area contributed by atoms with Crippen molar-refractivity contribution in [2.45, 2.75) is 10.9 Å². The van der Waals surface area contributed by atoms with E-state index in [2.05, 4.69) is 4.98 Å². The van der Waals surface area contributed by atoms with Crippen LogP contribution in [0.2, 0.25) is 0 Å². The summed E-state index contributed by atoms with van der Waals surface area (Å²) in [6.45, 7) is 0. The van der Waals surface area contributed by atoms with Gasteiger partial charge in [-0.25, -0.2) is 9.78 Å². The number of rotatable bonds is 4. The van der Waals surface area contributed by atoms with E-state index in [9.17, 15) is 4.79 Å². The van der Waals surface area contributed by atoms with Crippen LogP contribution in [0.3, 0.4) is 0 Å². The summed E-state index contributed by atoms with van der Waals surface area (Å²) in [5.74, 6) is 0.467. The van der Waals surface area contributed by atoms with Gasteiger partial charge in [0.25, 0.3) is 0 Å². The molecule has 0 unspecified atom stereocenters. The molecule has 0 N–H and O–H groups in total. The third-order valence-corrected chi connectivity index (χ3v) is 3.62. The van der Waals surface area contributed by atoms with Crippen molar-refractivity contribution in [3.63, 3.8) is 0 Å². The summed E-state index contributed by atoms with van der Waals surface area (Å²) in [5.41, 5.74) is 1.65. The van der Waals surface area contributed by atoms with E-state index in [1.807, 2.05) is 36.0 Å². The highest BCUT2D eigenvalue weighted by Crippen LogP contribution is 2.21. The number of thioether (sulfide) groups is 1. The van der Waals surface area contributed by atoms with Crippen LogP contribution in [-0.2, 0) is 17.5 Å². The lowest BCUT2D eigenvalue weighted by atomic mass is 10.1. The van der Waals surface area contributed by atoms with Crippen molar-refractivity contribution in [3.8, 4) is 0 Å². The van der Waals surface area contributed by atoms with Gasteiger partial charge in [-0.05, 0) is 17.7 Å². The van der Waals surface area contributed by atoms with Gasteiger partial charge in [-0.3, -0.25) is 0 Å². The molecular weight excluding hydrogens is 248 g/mol. The van der Waals surface area contributed by atoms with Crippen LogP contribution < -0.4 is 0 Å². The summed E-state index contributed by atoms with van der Waals surface area (Å²) in [7, 11) is 3.35. The molecule has 2 aromatic rings. The fraction of sp³-hybridized carbons (Fsp3) is 0.231. The Morgan fingerprint density at radius 3 is 3.00 bits per heavy atom. The molecule has 0 saturated heterocycles. The summed E-state index contributed by atoms with van der Waals surface area (Å²) in [6.07, 6.45) is 3.68. The highest BCUT2D eigenvalue weighted by molar-refractivity contribution is 7.98. The maximum atomic E-state index is 11.4. The van der Waals surface area contributed by atoms with E-state index in [0.717, 1.165) is 16.5 Å². The Kier molecular flexibility index (Phi) is 4.04. The lowest BCUT2D eigenvalue weighted by Crippen LogP contribution is -2.01. The van der Waals surface area contributed by atoms with E-state index < -0.39 is 0 Å². The first-order valence-electron chi connectivity index (χ1n) is 5.48. The molecule has 18 heavy (non-hydrogen) atoms. The third-order valence-electron chi connectivity index (χ3n) is 2.49. The van der Waals surface area contributed by atoms with Gasteiger partial charge >= 0.3 is 5.97 Å². The van der Waals surface area contributed by atoms with Crippen molar-refractivity contribution < 1.29 is 9.53 Å². The van der Waals surface area contributed by atoms with Gasteiger partial charge in [-0.15, -0.1) is 0 Å². The summed E-state index contributed by atoms with van der Waals surface area (Å²) >= 11 is 1.63. The standard InChI is InChI=1S/C13H14N2O2S/c1-15-7-6-14-13(15)18-9-10-4-3-5-11(8-10)12(16)17-2/h3-8H,9H2,1-2H3. The zero-order valence-corrected chi connectivity index (χ0v) is 11.1. The van der Waals surface area contributed by atoms with Crippen molar-refractivity contribution in [2.24, 2.45) is 7.05 Å². The second-order valence-corrected chi connectivity index (χ2v) is 4.74. The molecule has 4 nitrogen and oxygen atoms in total. The minimum Gasteiger partial charge on any atom is -0.465 e. The zero-order valence-electron chi connectivity index (χ0n) is 10.3. The smallest absolute Gasteiger partial charge is 0.337 e. The van der Waals surface area contributed by atoms with E-state index in [1.54, 1.807) is 24.0 Å². The Labute approximate surface area is 110 Å². The van der Waals surface area contributed by atoms with Crippen LogP contribution in [0, 0.1) is 0 Å². The molecule has 0 atom stereocenters. The van der Waals surface area contributed by atoms with Crippen LogP contribution in [0.4, 0.5) is 0 Å². The monoisotopic (exact) mass is 262 g/mol. The van der Waals surface area contributed by atoms with Crippen molar-refractivity contribution in [2.75, 3.05) is 7.11 Å². The van der Waals surface area contributed by atoms with E-state index in [-0.39, 0.29) is 5.97 Å². The van der Waals surface area contributed by atoms with Crippen LogP contribution in [0.25, 0.3) is 0 Å². The predicted octanol–water partition coefficient (Wildman–Crippen LogP) is 2.50. The van der Waals surface area contributed by atoms with Crippen LogP contribution in [-0.4, -0.2) is 22.6 Å². The molecule has 0 spiro atoms. The van der Waals surface area contributed by atoms with E-state index in [1.165, 1.54) is 7.11 Å². The zero-order chi connectivity index (χ0) is 13.0. The van der Waals surface area contributed by atoms with Gasteiger partial charge in [0.2, 0.25) is 0 Å². The molecule has 0 fully saturated rings. The Morgan fingerprint density at radius 2 is 2.33 bits per heavy atom. The molecule has 0 amide bonds. The number of methoxy groups -OCH3 is 1. The van der Waals surface area contributed by atoms with Crippen molar-refractivity contribution in [3.05, 3.63) is 47.8 Å². The van der Waals surface area contributed by atoms with E-state index >= 15 is 0 Å². The van der Waals surface area contributed by atoms with Crippen molar-refractivity contribution in [1.82, 2.24) is 9.55 Å². The number of ether oxygens (including phenoxy) is 1. The Morgan fingerprint density at radius 1 is 1.50 bits per heavy atom. The fourth-order valence-corrected chi connectivity index (χ4v) is 2.42. The number of hydrogen-bond donors (Lipinski definition) is 0. The SMILES string of the molecule is COC(=O)c1cccc(CSc2nccn2C)c1. The maximum Gasteiger partial charge on any atom is 0.337 e. The Bertz CT molecular complexity index is 551. The first kappa shape index (κ1) is 12.7. The lowest BCUT2D eigenvalue weighted by molar-refractivity contribution is 0.0600. The fourth-order valence-electron chi connectivity index (χ4n) is 1.54. The number of benzene rings is 1. The number of nitrogens with zero attached hydrogens (tertiary/aromatic N) is 2. The topological polar surface area (TPSA) is 44.1 Å². The number of carbonyl (C=O) groups excluding carboxylic acids is 1. The van der Waals surface area contributed by atoms with Gasteiger partial charge in [0.05, 0.1) is 12.7 Å². The minimum absolute atomic E-state index is 0.307. The third kappa shape index (κ3) is 2.92. The molecule has 1 aromatic carbocycles. The van der Waals surface area contributed by atoms with Gasteiger partial charge in [0.15, 0.2) is 5.16 Å². The van der Waals surface area contributed by atoms with Crippen LogP contribution in [0.5, 0.6) is 0 Å². The first-order chi connectivity index (χ1) is 8.70. The summed E-state index contributed by atoms with van der Waals surface area (Å²) in [4.78, 5) is 15.6. The van der Waals surface area contributed by atoms with Crippen LogP contribution >= 0.6 is 11.8 Å². The normalized spacial score (nSPS) is 10.3. The second kappa shape index (κ2) is 5.73. The number of esters is 1. The number of imidazole rings is 1. The predicted molar refractivity (Wildman–Crippen MR) is 70.6 cm³/mol. The molecule has 1 aromatic heterocycles. The number of aromatic nitrogens is 2. The van der Waals surface area contributed by atoms with Crippen LogP contribution in [0.1, 0.15) is 15.9 Å². The molecule has 0 bridgehead atoms. The average Bonchev–Trinajstić information content (AvgIpc) is 2.81. The van der Waals surface area contributed by atoms with Gasteiger partial charge < -0.3 is 9.30 Å². The second-order valence-electron chi connectivity index (χ2n) is 3.80. The van der Waals surface area contributed by atoms with Gasteiger partial charge in [-0.2, -0.15) is 0 Å². The number of carbonyl (C=O) groups is 1.